The average molecular weight is 515 g/mol. The van der Waals surface area contributed by atoms with Gasteiger partial charge < -0.3 is 16.0 Å². The molecule has 9 nitrogen and oxygen atoms in total. The summed E-state index contributed by atoms with van der Waals surface area (Å²) in [5, 5.41) is 12.1. The summed E-state index contributed by atoms with van der Waals surface area (Å²) in [4.78, 5) is 24.0. The predicted molar refractivity (Wildman–Crippen MR) is 130 cm³/mol. The Kier molecular flexibility index (Phi) is 6.88. The summed E-state index contributed by atoms with van der Waals surface area (Å²) < 4.78 is 41.9. The molecule has 0 saturated heterocycles. The van der Waals surface area contributed by atoms with Crippen molar-refractivity contribution in [1.29, 1.82) is 0 Å². The molecule has 0 unspecified atom stereocenters. The van der Waals surface area contributed by atoms with Crippen LogP contribution in [-0.2, 0) is 18.0 Å². The molecular weight excluding hydrogens is 497 g/mol. The van der Waals surface area contributed by atoms with E-state index in [4.69, 9.17) is 11.6 Å². The second kappa shape index (κ2) is 10.0. The maximum atomic E-state index is 13.4. The monoisotopic (exact) mass is 514 g/mol. The molecule has 13 heteroatoms. The van der Waals surface area contributed by atoms with E-state index in [0.717, 1.165) is 12.1 Å². The molecule has 0 saturated carbocycles. The summed E-state index contributed by atoms with van der Waals surface area (Å²) in [6.07, 6.45) is 2.27. The topological polar surface area (TPSA) is 110 Å². The highest BCUT2D eigenvalue weighted by atomic mass is 35.5. The number of alkyl halides is 3. The van der Waals surface area contributed by atoms with E-state index in [1.54, 1.807) is 48.4 Å². The standard InChI is InChI=1S/C23H18ClF3N8O/c1-3-19(36)31-14-5-4-6-15(8-14)32-21-17(13-7-18(23(25,26)27)20(24)28-9-13)11-29-22(34-21)33-16-10-30-35(2)12-16/h3-12H,1H2,2H3,(H,31,36)(H2,29,32,33,34). The lowest BCUT2D eigenvalue weighted by atomic mass is 10.1. The van der Waals surface area contributed by atoms with Crippen molar-refractivity contribution in [2.75, 3.05) is 16.0 Å². The van der Waals surface area contributed by atoms with Crippen LogP contribution in [0.25, 0.3) is 11.1 Å². The molecule has 0 aliphatic carbocycles. The quantitative estimate of drug-likeness (QED) is 0.219. The molecule has 4 rings (SSSR count). The van der Waals surface area contributed by atoms with Crippen LogP contribution < -0.4 is 16.0 Å². The number of amides is 1. The first-order valence-corrected chi connectivity index (χ1v) is 10.7. The highest BCUT2D eigenvalue weighted by molar-refractivity contribution is 6.30. The van der Waals surface area contributed by atoms with Crippen molar-refractivity contribution in [3.05, 3.63) is 78.5 Å². The van der Waals surface area contributed by atoms with Crippen molar-refractivity contribution in [2.24, 2.45) is 7.05 Å². The second-order valence-electron chi connectivity index (χ2n) is 7.44. The van der Waals surface area contributed by atoms with E-state index in [1.807, 2.05) is 0 Å². The van der Waals surface area contributed by atoms with E-state index in [0.29, 0.717) is 17.1 Å². The summed E-state index contributed by atoms with van der Waals surface area (Å²) in [6, 6.07) is 7.56. The number of carbonyl (C=O) groups excluding carboxylic acids is 1. The fraction of sp³-hybridized carbons (Fsp3) is 0.0870. The molecule has 36 heavy (non-hydrogen) atoms. The SMILES string of the molecule is C=CC(=O)Nc1cccc(Nc2nc(Nc3cnn(C)c3)ncc2-c2cnc(Cl)c(C(F)(F)F)c2)c1. The van der Waals surface area contributed by atoms with E-state index < -0.39 is 22.8 Å². The van der Waals surface area contributed by atoms with E-state index in [2.05, 4.69) is 42.6 Å². The number of hydrogen-bond acceptors (Lipinski definition) is 7. The molecule has 1 aromatic carbocycles. The van der Waals surface area contributed by atoms with Crippen molar-refractivity contribution < 1.29 is 18.0 Å². The number of halogens is 4. The van der Waals surface area contributed by atoms with Crippen LogP contribution in [0.2, 0.25) is 5.15 Å². The lowest BCUT2D eigenvalue weighted by Crippen LogP contribution is -2.08. The van der Waals surface area contributed by atoms with Crippen LogP contribution in [0, 0.1) is 0 Å². The van der Waals surface area contributed by atoms with E-state index in [1.165, 1.54) is 12.4 Å². The zero-order chi connectivity index (χ0) is 25.9. The fourth-order valence-electron chi connectivity index (χ4n) is 3.16. The third-order valence-corrected chi connectivity index (χ3v) is 5.08. The van der Waals surface area contributed by atoms with Crippen molar-refractivity contribution in [3.8, 4) is 11.1 Å². The number of nitrogens with one attached hydrogen (secondary N) is 3. The largest absolute Gasteiger partial charge is 0.419 e. The van der Waals surface area contributed by atoms with Gasteiger partial charge in [-0.05, 0) is 30.3 Å². The third kappa shape index (κ3) is 5.78. The smallest absolute Gasteiger partial charge is 0.339 e. The van der Waals surface area contributed by atoms with E-state index in [9.17, 15) is 18.0 Å². The number of pyridine rings is 1. The van der Waals surface area contributed by atoms with Crippen LogP contribution in [-0.4, -0.2) is 30.6 Å². The number of anilines is 5. The number of hydrogen-bond donors (Lipinski definition) is 3. The maximum absolute atomic E-state index is 13.4. The zero-order valence-electron chi connectivity index (χ0n) is 18.6. The highest BCUT2D eigenvalue weighted by Crippen LogP contribution is 2.38. The molecule has 184 valence electrons. The molecule has 3 N–H and O–H groups in total. The van der Waals surface area contributed by atoms with Gasteiger partial charge in [0.1, 0.15) is 11.0 Å². The van der Waals surface area contributed by atoms with Crippen LogP contribution in [0.15, 0.2) is 67.8 Å². The average Bonchev–Trinajstić information content (AvgIpc) is 3.23. The number of rotatable bonds is 7. The zero-order valence-corrected chi connectivity index (χ0v) is 19.4. The molecule has 0 spiro atoms. The number of aromatic nitrogens is 5. The van der Waals surface area contributed by atoms with E-state index in [-0.39, 0.29) is 22.9 Å². The molecule has 1 amide bonds. The van der Waals surface area contributed by atoms with E-state index >= 15 is 0 Å². The first-order chi connectivity index (χ1) is 17.1. The first-order valence-electron chi connectivity index (χ1n) is 10.3. The first kappa shape index (κ1) is 24.7. The van der Waals surface area contributed by atoms with Gasteiger partial charge in [0.2, 0.25) is 11.9 Å². The van der Waals surface area contributed by atoms with Gasteiger partial charge in [0.15, 0.2) is 0 Å². The Hall–Kier alpha value is -4.45. The van der Waals surface area contributed by atoms with Crippen LogP contribution in [0.5, 0.6) is 0 Å². The van der Waals surface area contributed by atoms with Crippen LogP contribution >= 0.6 is 11.6 Å². The van der Waals surface area contributed by atoms with Crippen LogP contribution in [0.1, 0.15) is 5.56 Å². The summed E-state index contributed by atoms with van der Waals surface area (Å²) in [6.45, 7) is 3.42. The van der Waals surface area contributed by atoms with Crippen molar-refractivity contribution in [1.82, 2.24) is 24.7 Å². The Labute approximate surface area is 208 Å². The van der Waals surface area contributed by atoms with Gasteiger partial charge in [-0.3, -0.25) is 9.48 Å². The molecule has 4 aromatic rings. The van der Waals surface area contributed by atoms with Gasteiger partial charge in [-0.1, -0.05) is 24.2 Å². The van der Waals surface area contributed by atoms with Gasteiger partial charge in [0, 0.05) is 48.1 Å². The van der Waals surface area contributed by atoms with Crippen LogP contribution in [0.4, 0.5) is 42.0 Å². The van der Waals surface area contributed by atoms with Crippen molar-refractivity contribution >= 4 is 46.3 Å². The van der Waals surface area contributed by atoms with Gasteiger partial charge >= 0.3 is 6.18 Å². The van der Waals surface area contributed by atoms with Crippen LogP contribution in [0.3, 0.4) is 0 Å². The summed E-state index contributed by atoms with van der Waals surface area (Å²) in [5.41, 5.74) is 0.834. The molecule has 0 radical (unpaired) electrons. The summed E-state index contributed by atoms with van der Waals surface area (Å²) in [7, 11) is 1.74. The predicted octanol–water partition coefficient (Wildman–Crippen LogP) is 5.56. The normalized spacial score (nSPS) is 11.1. The second-order valence-corrected chi connectivity index (χ2v) is 7.80. The number of nitrogens with zero attached hydrogens (tertiary/aromatic N) is 5. The van der Waals surface area contributed by atoms with Gasteiger partial charge in [0.25, 0.3) is 0 Å². The lowest BCUT2D eigenvalue weighted by molar-refractivity contribution is -0.137. The number of aryl methyl sites for hydroxylation is 1. The molecule has 0 aliphatic rings. The van der Waals surface area contributed by atoms with Gasteiger partial charge in [-0.15, -0.1) is 0 Å². The minimum Gasteiger partial charge on any atom is -0.339 e. The minimum atomic E-state index is -4.70. The fourth-order valence-corrected chi connectivity index (χ4v) is 3.37. The van der Waals surface area contributed by atoms with Crippen molar-refractivity contribution in [3.63, 3.8) is 0 Å². The Bertz CT molecular complexity index is 1440. The van der Waals surface area contributed by atoms with Gasteiger partial charge in [0.05, 0.1) is 17.4 Å². The Balaban J connectivity index is 1.76. The van der Waals surface area contributed by atoms with Gasteiger partial charge in [-0.25, -0.2) is 9.97 Å². The summed E-state index contributed by atoms with van der Waals surface area (Å²) in [5.74, 6) is -0.0473. The van der Waals surface area contributed by atoms with Gasteiger partial charge in [-0.2, -0.15) is 23.3 Å². The Morgan fingerprint density at radius 2 is 1.86 bits per heavy atom. The highest BCUT2D eigenvalue weighted by Gasteiger charge is 2.34. The Morgan fingerprint density at radius 1 is 1.08 bits per heavy atom. The maximum Gasteiger partial charge on any atom is 0.419 e. The number of carbonyl (C=O) groups is 1. The molecular formula is C23H18ClF3N8O. The molecule has 0 aliphatic heterocycles. The Morgan fingerprint density at radius 3 is 2.56 bits per heavy atom. The summed E-state index contributed by atoms with van der Waals surface area (Å²) >= 11 is 5.69. The third-order valence-electron chi connectivity index (χ3n) is 4.78. The van der Waals surface area contributed by atoms with Crippen molar-refractivity contribution in [2.45, 2.75) is 6.18 Å². The molecule has 0 atom stereocenters. The molecule has 3 aromatic heterocycles. The lowest BCUT2D eigenvalue weighted by Gasteiger charge is -2.15. The minimum absolute atomic E-state index is 0.0956. The molecule has 3 heterocycles. The molecule has 0 fully saturated rings. The molecule has 0 bridgehead atoms. The number of benzene rings is 1.